The fourth-order valence-electron chi connectivity index (χ4n) is 4.88. The van der Waals surface area contributed by atoms with Crippen LogP contribution in [-0.2, 0) is 34.8 Å². The van der Waals surface area contributed by atoms with Gasteiger partial charge in [0, 0.05) is 50.0 Å². The van der Waals surface area contributed by atoms with E-state index >= 15 is 0 Å². The maximum Gasteiger partial charge on any atom is 0.335 e. The second kappa shape index (κ2) is 12.9. The number of carboxylic acids is 1. The standard InChI is InChI=1S/C29H37N5O7S/c1-19-13-34(20(2)17-35)28(36)12-23-11-24(31-42(39,40)27-16-33(4)18-30-27)9-10-25(23)41-26(19)15-32(3)14-21-5-7-22(8-6-21)29(37)38/h5-11,16,18-20,26,31,35H,12-15,17H2,1-4H3,(H,37,38)/t19-,20+,26+/m1/s1. The van der Waals surface area contributed by atoms with Crippen molar-refractivity contribution >= 4 is 27.6 Å². The van der Waals surface area contributed by atoms with Gasteiger partial charge >= 0.3 is 5.97 Å². The summed E-state index contributed by atoms with van der Waals surface area (Å²) in [5.41, 5.74) is 1.94. The molecule has 0 saturated heterocycles. The summed E-state index contributed by atoms with van der Waals surface area (Å²) in [5, 5.41) is 18.9. The van der Waals surface area contributed by atoms with Crippen LogP contribution in [0.15, 0.2) is 60.0 Å². The number of hydrogen-bond donors (Lipinski definition) is 3. The highest BCUT2D eigenvalue weighted by Crippen LogP contribution is 2.30. The molecule has 3 N–H and O–H groups in total. The molecule has 0 fully saturated rings. The Morgan fingerprint density at radius 1 is 1.24 bits per heavy atom. The summed E-state index contributed by atoms with van der Waals surface area (Å²) in [6, 6.07) is 11.1. The maximum atomic E-state index is 13.5. The molecule has 4 rings (SSSR count). The van der Waals surface area contributed by atoms with Crippen molar-refractivity contribution in [2.75, 3.05) is 31.5 Å². The van der Waals surface area contributed by atoms with Crippen molar-refractivity contribution in [3.63, 3.8) is 0 Å². The highest BCUT2D eigenvalue weighted by molar-refractivity contribution is 7.92. The predicted octanol–water partition coefficient (Wildman–Crippen LogP) is 2.20. The van der Waals surface area contributed by atoms with Crippen molar-refractivity contribution in [2.45, 2.75) is 44.0 Å². The summed E-state index contributed by atoms with van der Waals surface area (Å²) in [7, 11) is -0.340. The van der Waals surface area contributed by atoms with Crippen molar-refractivity contribution in [3.05, 3.63) is 71.7 Å². The Hall–Kier alpha value is -3.94. The molecule has 0 aliphatic carbocycles. The maximum absolute atomic E-state index is 13.5. The summed E-state index contributed by atoms with van der Waals surface area (Å²) < 4.78 is 36.3. The molecule has 42 heavy (non-hydrogen) atoms. The van der Waals surface area contributed by atoms with Crippen LogP contribution in [0.25, 0.3) is 0 Å². The van der Waals surface area contributed by atoms with Crippen LogP contribution in [0, 0.1) is 5.92 Å². The van der Waals surface area contributed by atoms with Crippen LogP contribution in [0.5, 0.6) is 5.75 Å². The van der Waals surface area contributed by atoms with Gasteiger partial charge in [0.25, 0.3) is 10.0 Å². The Balaban J connectivity index is 1.60. The number of amides is 1. The number of fused-ring (bicyclic) bond motifs is 1. The number of nitrogens with one attached hydrogen (secondary N) is 1. The SMILES string of the molecule is C[C@@H]1CN([C@@H](C)CO)C(=O)Cc2cc(NS(=O)(=O)c3cn(C)cn3)ccc2O[C@H]1CN(C)Cc1ccc(C(=O)O)cc1. The van der Waals surface area contributed by atoms with Crippen LogP contribution >= 0.6 is 0 Å². The number of aromatic nitrogens is 2. The fraction of sp³-hybridized carbons (Fsp3) is 0.414. The molecular formula is C29H37N5O7S. The number of rotatable bonds is 10. The van der Waals surface area contributed by atoms with E-state index < -0.39 is 22.0 Å². The number of likely N-dealkylation sites (N-methyl/N-ethyl adjacent to an activating group) is 1. The smallest absolute Gasteiger partial charge is 0.335 e. The topological polar surface area (TPSA) is 154 Å². The molecule has 12 nitrogen and oxygen atoms in total. The van der Waals surface area contributed by atoms with E-state index in [2.05, 4.69) is 14.6 Å². The normalized spacial score (nSPS) is 18.4. The van der Waals surface area contributed by atoms with Gasteiger partial charge < -0.3 is 24.4 Å². The van der Waals surface area contributed by atoms with Gasteiger partial charge in [-0.3, -0.25) is 14.4 Å². The van der Waals surface area contributed by atoms with Gasteiger partial charge in [-0.1, -0.05) is 19.1 Å². The molecule has 2 heterocycles. The van der Waals surface area contributed by atoms with Crippen LogP contribution < -0.4 is 9.46 Å². The molecule has 1 aromatic heterocycles. The first-order valence-corrected chi connectivity index (χ1v) is 15.1. The second-order valence-corrected chi connectivity index (χ2v) is 12.5. The number of anilines is 1. The number of aliphatic hydroxyl groups is 1. The summed E-state index contributed by atoms with van der Waals surface area (Å²) in [4.78, 5) is 32.3. The number of carbonyl (C=O) groups excluding carboxylic acids is 1. The van der Waals surface area contributed by atoms with Gasteiger partial charge in [0.1, 0.15) is 11.9 Å². The molecule has 13 heteroatoms. The number of ether oxygens (including phenoxy) is 1. The number of aryl methyl sites for hydroxylation is 1. The quantitative estimate of drug-likeness (QED) is 0.318. The van der Waals surface area contributed by atoms with Gasteiger partial charge in [-0.2, -0.15) is 8.42 Å². The van der Waals surface area contributed by atoms with Crippen LogP contribution in [0.4, 0.5) is 5.69 Å². The van der Waals surface area contributed by atoms with E-state index in [0.29, 0.717) is 30.9 Å². The monoisotopic (exact) mass is 599 g/mol. The van der Waals surface area contributed by atoms with Gasteiger partial charge in [0.05, 0.1) is 31.0 Å². The second-order valence-electron chi connectivity index (χ2n) is 10.9. The van der Waals surface area contributed by atoms with Crippen molar-refractivity contribution < 1.29 is 33.0 Å². The molecule has 3 atom stereocenters. The number of nitrogens with zero attached hydrogens (tertiary/aromatic N) is 4. The molecule has 226 valence electrons. The van der Waals surface area contributed by atoms with Gasteiger partial charge in [0.15, 0.2) is 5.03 Å². The van der Waals surface area contributed by atoms with Crippen molar-refractivity contribution in [1.82, 2.24) is 19.4 Å². The third-order valence-corrected chi connectivity index (χ3v) is 8.54. The number of aliphatic hydroxyl groups excluding tert-OH is 1. The molecule has 0 spiro atoms. The first-order chi connectivity index (χ1) is 19.9. The highest BCUT2D eigenvalue weighted by Gasteiger charge is 2.31. The molecule has 2 aromatic carbocycles. The third kappa shape index (κ3) is 7.46. The molecule has 0 unspecified atom stereocenters. The minimum absolute atomic E-state index is 0.0377. The van der Waals surface area contributed by atoms with Gasteiger partial charge in [0.2, 0.25) is 5.91 Å². The third-order valence-electron chi connectivity index (χ3n) is 7.27. The minimum atomic E-state index is -3.95. The Kier molecular flexibility index (Phi) is 9.54. The number of carboxylic acid groups (broad SMARTS) is 1. The summed E-state index contributed by atoms with van der Waals surface area (Å²) >= 11 is 0. The number of imidazole rings is 1. The summed E-state index contributed by atoms with van der Waals surface area (Å²) in [6.45, 7) is 4.97. The van der Waals surface area contributed by atoms with E-state index in [1.165, 1.54) is 17.1 Å². The molecule has 1 aliphatic heterocycles. The van der Waals surface area contributed by atoms with Crippen molar-refractivity contribution in [2.24, 2.45) is 13.0 Å². The molecule has 0 bridgehead atoms. The molecule has 0 saturated carbocycles. The van der Waals surface area contributed by atoms with Crippen LogP contribution in [0.2, 0.25) is 0 Å². The Bertz CT molecular complexity index is 1520. The summed E-state index contributed by atoms with van der Waals surface area (Å²) in [6.07, 6.45) is 2.39. The Morgan fingerprint density at radius 2 is 1.95 bits per heavy atom. The van der Waals surface area contributed by atoms with E-state index in [4.69, 9.17) is 4.74 Å². The van der Waals surface area contributed by atoms with Crippen molar-refractivity contribution in [3.8, 4) is 5.75 Å². The van der Waals surface area contributed by atoms with E-state index in [0.717, 1.165) is 5.56 Å². The Labute approximate surface area is 245 Å². The zero-order valence-corrected chi connectivity index (χ0v) is 24.9. The predicted molar refractivity (Wildman–Crippen MR) is 156 cm³/mol. The average Bonchev–Trinajstić information content (AvgIpc) is 3.40. The van der Waals surface area contributed by atoms with Crippen LogP contribution in [-0.4, -0.2) is 88.7 Å². The van der Waals surface area contributed by atoms with E-state index in [9.17, 15) is 28.2 Å². The average molecular weight is 600 g/mol. The van der Waals surface area contributed by atoms with Crippen LogP contribution in [0.3, 0.4) is 0 Å². The molecule has 0 radical (unpaired) electrons. The number of aromatic carboxylic acids is 1. The number of sulfonamides is 1. The minimum Gasteiger partial charge on any atom is -0.488 e. The molecule has 1 aliphatic rings. The van der Waals surface area contributed by atoms with E-state index in [1.54, 1.807) is 61.3 Å². The van der Waals surface area contributed by atoms with E-state index in [-0.39, 0.29) is 47.2 Å². The lowest BCUT2D eigenvalue weighted by molar-refractivity contribution is -0.134. The highest BCUT2D eigenvalue weighted by atomic mass is 32.2. The van der Waals surface area contributed by atoms with Gasteiger partial charge in [-0.15, -0.1) is 0 Å². The first-order valence-electron chi connectivity index (χ1n) is 13.6. The van der Waals surface area contributed by atoms with Gasteiger partial charge in [-0.25, -0.2) is 9.78 Å². The molecular weight excluding hydrogens is 562 g/mol. The van der Waals surface area contributed by atoms with E-state index in [1.807, 2.05) is 14.0 Å². The lowest BCUT2D eigenvalue weighted by atomic mass is 10.0. The Morgan fingerprint density at radius 3 is 2.57 bits per heavy atom. The zero-order valence-electron chi connectivity index (χ0n) is 24.1. The lowest BCUT2D eigenvalue weighted by Gasteiger charge is -2.34. The summed E-state index contributed by atoms with van der Waals surface area (Å²) in [5.74, 6) is -0.831. The molecule has 1 amide bonds. The largest absolute Gasteiger partial charge is 0.488 e. The zero-order chi connectivity index (χ0) is 30.6. The molecule has 3 aromatic rings. The number of hydrogen-bond acceptors (Lipinski definition) is 8. The number of carbonyl (C=O) groups is 2. The number of benzene rings is 2. The lowest BCUT2D eigenvalue weighted by Crippen LogP contribution is -2.47. The van der Waals surface area contributed by atoms with Crippen LogP contribution in [0.1, 0.15) is 35.3 Å². The van der Waals surface area contributed by atoms with Crippen molar-refractivity contribution in [1.29, 1.82) is 0 Å². The fourth-order valence-corrected chi connectivity index (χ4v) is 5.91. The van der Waals surface area contributed by atoms with Gasteiger partial charge in [-0.05, 0) is 49.9 Å². The first kappa shape index (κ1) is 31.0.